The molecule has 1 saturated heterocycles. The first-order chi connectivity index (χ1) is 9.97. The molecule has 0 aliphatic carbocycles. The summed E-state index contributed by atoms with van der Waals surface area (Å²) in [6, 6.07) is 0. The highest BCUT2D eigenvalue weighted by Gasteiger charge is 2.42. The van der Waals surface area contributed by atoms with E-state index in [2.05, 4.69) is 0 Å². The highest BCUT2D eigenvalue weighted by Crippen LogP contribution is 2.26. The molecule has 3 N–H and O–H groups in total. The van der Waals surface area contributed by atoms with Crippen molar-refractivity contribution >= 4 is 0 Å². The predicted octanol–water partition coefficient (Wildman–Crippen LogP) is 0.673. The van der Waals surface area contributed by atoms with Crippen LogP contribution in [0, 0.1) is 5.92 Å². The Hall–Kier alpha value is -0.240. The summed E-state index contributed by atoms with van der Waals surface area (Å²) in [6.07, 6.45) is -0.255. The minimum atomic E-state index is -1.07. The van der Waals surface area contributed by atoms with Gasteiger partial charge in [0.25, 0.3) is 0 Å². The maximum atomic E-state index is 9.91. The van der Waals surface area contributed by atoms with Crippen molar-refractivity contribution in [1.29, 1.82) is 0 Å². The van der Waals surface area contributed by atoms with Gasteiger partial charge in [0.1, 0.15) is 12.2 Å². The number of aliphatic hydroxyl groups excluding tert-OH is 3. The molecule has 0 radical (unpaired) electrons. The molecule has 0 bridgehead atoms. The first kappa shape index (κ1) is 18.8. The third-order valence-corrected chi connectivity index (χ3v) is 3.71. The third-order valence-electron chi connectivity index (χ3n) is 3.71. The van der Waals surface area contributed by atoms with Gasteiger partial charge < -0.3 is 29.5 Å². The van der Waals surface area contributed by atoms with E-state index in [0.717, 1.165) is 25.9 Å². The zero-order chi connectivity index (χ0) is 15.8. The summed E-state index contributed by atoms with van der Waals surface area (Å²) in [6.45, 7) is 6.74. The van der Waals surface area contributed by atoms with Crippen LogP contribution in [0.15, 0.2) is 0 Å². The Labute approximate surface area is 127 Å². The van der Waals surface area contributed by atoms with E-state index >= 15 is 0 Å². The van der Waals surface area contributed by atoms with Crippen molar-refractivity contribution in [3.05, 3.63) is 0 Å². The van der Waals surface area contributed by atoms with Crippen LogP contribution in [0.4, 0.5) is 0 Å². The standard InChI is InChI=1S/C15H30O6/c1-10(2)19-7-5-4-6-8-20-15-11(3)13(17)14(18)12(9-16)21-15/h10-18H,4-9H2,1-3H3. The number of hydrogen-bond acceptors (Lipinski definition) is 6. The third kappa shape index (κ3) is 6.18. The van der Waals surface area contributed by atoms with Crippen LogP contribution < -0.4 is 0 Å². The average Bonchev–Trinajstić information content (AvgIpc) is 2.45. The summed E-state index contributed by atoms with van der Waals surface area (Å²) < 4.78 is 16.6. The Morgan fingerprint density at radius 1 is 1.05 bits per heavy atom. The van der Waals surface area contributed by atoms with Gasteiger partial charge in [-0.3, -0.25) is 0 Å². The Balaban J connectivity index is 2.19. The first-order valence-electron chi connectivity index (χ1n) is 7.83. The average molecular weight is 306 g/mol. The van der Waals surface area contributed by atoms with Gasteiger partial charge in [0.2, 0.25) is 0 Å². The molecular weight excluding hydrogens is 276 g/mol. The highest BCUT2D eigenvalue weighted by atomic mass is 16.7. The van der Waals surface area contributed by atoms with E-state index in [1.54, 1.807) is 6.92 Å². The van der Waals surface area contributed by atoms with Gasteiger partial charge in [-0.05, 0) is 33.1 Å². The van der Waals surface area contributed by atoms with Gasteiger partial charge in [-0.1, -0.05) is 6.92 Å². The monoisotopic (exact) mass is 306 g/mol. The number of rotatable bonds is 9. The van der Waals surface area contributed by atoms with Gasteiger partial charge in [0.05, 0.1) is 18.8 Å². The van der Waals surface area contributed by atoms with Crippen LogP contribution in [-0.2, 0) is 14.2 Å². The van der Waals surface area contributed by atoms with Gasteiger partial charge in [0.15, 0.2) is 6.29 Å². The lowest BCUT2D eigenvalue weighted by Crippen LogP contribution is -2.55. The molecule has 21 heavy (non-hydrogen) atoms. The van der Waals surface area contributed by atoms with Gasteiger partial charge in [-0.2, -0.15) is 0 Å². The molecule has 0 saturated carbocycles. The van der Waals surface area contributed by atoms with Crippen LogP contribution in [0.2, 0.25) is 0 Å². The van der Waals surface area contributed by atoms with Crippen LogP contribution in [0.5, 0.6) is 0 Å². The molecule has 0 aromatic rings. The lowest BCUT2D eigenvalue weighted by molar-refractivity contribution is -0.282. The van der Waals surface area contributed by atoms with E-state index in [1.165, 1.54) is 0 Å². The Morgan fingerprint density at radius 3 is 2.33 bits per heavy atom. The fraction of sp³-hybridized carbons (Fsp3) is 1.00. The molecule has 0 aromatic heterocycles. The molecule has 5 unspecified atom stereocenters. The lowest BCUT2D eigenvalue weighted by Gasteiger charge is -2.40. The minimum absolute atomic E-state index is 0.265. The number of aliphatic hydroxyl groups is 3. The van der Waals surface area contributed by atoms with E-state index in [1.807, 2.05) is 13.8 Å². The van der Waals surface area contributed by atoms with E-state index in [9.17, 15) is 10.2 Å². The predicted molar refractivity (Wildman–Crippen MR) is 77.8 cm³/mol. The smallest absolute Gasteiger partial charge is 0.163 e. The normalized spacial score (nSPS) is 33.6. The topological polar surface area (TPSA) is 88.4 Å². The molecule has 5 atom stereocenters. The van der Waals surface area contributed by atoms with Gasteiger partial charge >= 0.3 is 0 Å². The fourth-order valence-corrected chi connectivity index (χ4v) is 2.31. The first-order valence-corrected chi connectivity index (χ1v) is 7.83. The summed E-state index contributed by atoms with van der Waals surface area (Å²) in [4.78, 5) is 0. The highest BCUT2D eigenvalue weighted by molar-refractivity contribution is 4.86. The second kappa shape index (κ2) is 9.71. The molecule has 1 fully saturated rings. The molecule has 126 valence electrons. The molecule has 1 heterocycles. The fourth-order valence-electron chi connectivity index (χ4n) is 2.31. The molecule has 0 aromatic carbocycles. The minimum Gasteiger partial charge on any atom is -0.394 e. The summed E-state index contributed by atoms with van der Waals surface area (Å²) in [5, 5.41) is 28.8. The molecule has 1 rings (SSSR count). The summed E-state index contributed by atoms with van der Waals surface area (Å²) in [5.74, 6) is -0.327. The Morgan fingerprint density at radius 2 is 1.71 bits per heavy atom. The van der Waals surface area contributed by atoms with Crippen LogP contribution in [0.3, 0.4) is 0 Å². The van der Waals surface area contributed by atoms with Crippen LogP contribution in [0.1, 0.15) is 40.0 Å². The van der Waals surface area contributed by atoms with Crippen molar-refractivity contribution in [2.75, 3.05) is 19.8 Å². The second-order valence-electron chi connectivity index (χ2n) is 5.92. The van der Waals surface area contributed by atoms with E-state index in [4.69, 9.17) is 19.3 Å². The zero-order valence-electron chi connectivity index (χ0n) is 13.3. The number of ether oxygens (including phenoxy) is 3. The Kier molecular flexibility index (Phi) is 8.70. The van der Waals surface area contributed by atoms with E-state index in [0.29, 0.717) is 6.61 Å². The molecular formula is C15H30O6. The summed E-state index contributed by atoms with van der Waals surface area (Å²) in [5.41, 5.74) is 0. The molecule has 1 aliphatic rings. The SMILES string of the molecule is CC(C)OCCCCCOC1OC(CO)C(O)C(O)C1C. The number of hydrogen-bond donors (Lipinski definition) is 3. The second-order valence-corrected chi connectivity index (χ2v) is 5.92. The van der Waals surface area contributed by atoms with Crippen LogP contribution in [0.25, 0.3) is 0 Å². The maximum absolute atomic E-state index is 9.91. The molecule has 0 amide bonds. The Bertz CT molecular complexity index is 271. The van der Waals surface area contributed by atoms with Crippen molar-refractivity contribution < 1.29 is 29.5 Å². The van der Waals surface area contributed by atoms with Gasteiger partial charge in [0, 0.05) is 19.1 Å². The van der Waals surface area contributed by atoms with E-state index in [-0.39, 0.29) is 18.6 Å². The molecule has 6 nitrogen and oxygen atoms in total. The summed E-state index contributed by atoms with van der Waals surface area (Å²) >= 11 is 0. The van der Waals surface area contributed by atoms with Crippen molar-refractivity contribution in [2.24, 2.45) is 5.92 Å². The van der Waals surface area contributed by atoms with Crippen molar-refractivity contribution in [2.45, 2.75) is 70.7 Å². The largest absolute Gasteiger partial charge is 0.394 e. The zero-order valence-corrected chi connectivity index (χ0v) is 13.3. The van der Waals surface area contributed by atoms with Crippen molar-refractivity contribution in [3.63, 3.8) is 0 Å². The molecule has 6 heteroatoms. The van der Waals surface area contributed by atoms with E-state index < -0.39 is 24.6 Å². The van der Waals surface area contributed by atoms with Crippen molar-refractivity contribution in [3.8, 4) is 0 Å². The quantitative estimate of drug-likeness (QED) is 0.543. The van der Waals surface area contributed by atoms with Crippen molar-refractivity contribution in [1.82, 2.24) is 0 Å². The molecule has 1 aliphatic heterocycles. The van der Waals surface area contributed by atoms with Crippen LogP contribution in [-0.4, -0.2) is 65.8 Å². The van der Waals surface area contributed by atoms with Gasteiger partial charge in [-0.25, -0.2) is 0 Å². The molecule has 0 spiro atoms. The maximum Gasteiger partial charge on any atom is 0.163 e. The van der Waals surface area contributed by atoms with Gasteiger partial charge in [-0.15, -0.1) is 0 Å². The number of unbranched alkanes of at least 4 members (excludes halogenated alkanes) is 2. The lowest BCUT2D eigenvalue weighted by atomic mass is 9.92. The van der Waals surface area contributed by atoms with Crippen LogP contribution >= 0.6 is 0 Å². The summed E-state index contributed by atoms with van der Waals surface area (Å²) in [7, 11) is 0.